The van der Waals surface area contributed by atoms with E-state index in [1.54, 1.807) is 42.5 Å². The summed E-state index contributed by atoms with van der Waals surface area (Å²) in [6, 6.07) is 5.32. The minimum Gasteiger partial charge on any atom is -0.335 e. The van der Waals surface area contributed by atoms with Crippen LogP contribution in [0.2, 0.25) is 0 Å². The molecule has 0 aliphatic rings. The average molecular weight is 278 g/mol. The predicted molar refractivity (Wildman–Crippen MR) is 76.4 cm³/mol. The molecule has 0 saturated heterocycles. The minimum absolute atomic E-state index is 0.0711. The summed E-state index contributed by atoms with van der Waals surface area (Å²) in [4.78, 5) is 22.5. The van der Waals surface area contributed by atoms with E-state index < -0.39 is 5.54 Å². The van der Waals surface area contributed by atoms with Gasteiger partial charge in [0, 0.05) is 30.9 Å². The Labute approximate surface area is 117 Å². The number of carbonyl (C=O) groups excluding carboxylic acids is 1. The van der Waals surface area contributed by atoms with Crippen molar-refractivity contribution in [2.24, 2.45) is 0 Å². The lowest BCUT2D eigenvalue weighted by atomic mass is 10.0. The van der Waals surface area contributed by atoms with Crippen LogP contribution in [0.5, 0.6) is 0 Å². The Kier molecular flexibility index (Phi) is 3.71. The number of benzene rings is 1. The zero-order chi connectivity index (χ0) is 14.0. The van der Waals surface area contributed by atoms with Crippen LogP contribution in [0.1, 0.15) is 24.2 Å². The van der Waals surface area contributed by atoms with E-state index in [9.17, 15) is 4.79 Å². The predicted octanol–water partition coefficient (Wildman–Crippen LogP) is 2.72. The second kappa shape index (κ2) is 5.13. The molecule has 0 aliphatic carbocycles. The number of alkyl halides is 1. The van der Waals surface area contributed by atoms with Gasteiger partial charge in [-0.25, -0.2) is 0 Å². The molecule has 2 rings (SSSR count). The molecule has 1 heterocycles. The van der Waals surface area contributed by atoms with Crippen LogP contribution >= 0.6 is 11.6 Å². The van der Waals surface area contributed by atoms with Crippen molar-refractivity contribution >= 4 is 28.5 Å². The number of hydrogen-bond acceptors (Lipinski definition) is 3. The van der Waals surface area contributed by atoms with Crippen LogP contribution in [0.15, 0.2) is 30.6 Å². The van der Waals surface area contributed by atoms with Crippen LogP contribution in [0.3, 0.4) is 0 Å². The first kappa shape index (κ1) is 13.7. The Balaban J connectivity index is 2.36. The van der Waals surface area contributed by atoms with Gasteiger partial charge in [-0.15, -0.1) is 11.6 Å². The average Bonchev–Trinajstić information content (AvgIpc) is 2.45. The van der Waals surface area contributed by atoms with E-state index >= 15 is 0 Å². The maximum atomic E-state index is 12.4. The number of nitrogens with zero attached hydrogens (tertiary/aromatic N) is 3. The van der Waals surface area contributed by atoms with E-state index in [-0.39, 0.29) is 5.91 Å². The van der Waals surface area contributed by atoms with Crippen LogP contribution < -0.4 is 0 Å². The third-order valence-electron chi connectivity index (χ3n) is 3.26. The van der Waals surface area contributed by atoms with Crippen molar-refractivity contribution in [3.8, 4) is 0 Å². The quantitative estimate of drug-likeness (QED) is 0.811. The fourth-order valence-corrected chi connectivity index (χ4v) is 1.83. The first-order valence-electron chi connectivity index (χ1n) is 6.00. The van der Waals surface area contributed by atoms with Crippen LogP contribution in [-0.4, -0.2) is 39.2 Å². The van der Waals surface area contributed by atoms with Crippen molar-refractivity contribution in [2.45, 2.75) is 19.4 Å². The van der Waals surface area contributed by atoms with Crippen molar-refractivity contribution in [3.05, 3.63) is 36.2 Å². The molecule has 100 valence electrons. The van der Waals surface area contributed by atoms with Crippen LogP contribution in [-0.2, 0) is 0 Å². The molecule has 0 fully saturated rings. The van der Waals surface area contributed by atoms with E-state index in [0.717, 1.165) is 5.52 Å². The van der Waals surface area contributed by atoms with Crippen molar-refractivity contribution < 1.29 is 4.79 Å². The van der Waals surface area contributed by atoms with Gasteiger partial charge in [0.2, 0.25) is 0 Å². The molecule has 1 aromatic carbocycles. The summed E-state index contributed by atoms with van der Waals surface area (Å²) < 4.78 is 0. The molecule has 0 bridgehead atoms. The highest BCUT2D eigenvalue weighted by molar-refractivity contribution is 6.18. The van der Waals surface area contributed by atoms with Crippen molar-refractivity contribution in [1.29, 1.82) is 0 Å². The third kappa shape index (κ3) is 2.68. The smallest absolute Gasteiger partial charge is 0.254 e. The molecule has 0 spiro atoms. The fraction of sp³-hybridized carbons (Fsp3) is 0.357. The Bertz CT molecular complexity index is 612. The SMILES string of the molecule is CN(C(=O)c1ccc2nccnc2c1)C(C)(C)CCl. The molecule has 2 aromatic rings. The maximum Gasteiger partial charge on any atom is 0.254 e. The van der Waals surface area contributed by atoms with E-state index in [1.165, 1.54) is 0 Å². The Morgan fingerprint density at radius 3 is 2.53 bits per heavy atom. The van der Waals surface area contributed by atoms with Gasteiger partial charge in [-0.3, -0.25) is 14.8 Å². The Morgan fingerprint density at radius 2 is 1.89 bits per heavy atom. The Morgan fingerprint density at radius 1 is 1.26 bits per heavy atom. The number of aromatic nitrogens is 2. The van der Waals surface area contributed by atoms with Gasteiger partial charge in [-0.1, -0.05) is 0 Å². The molecule has 5 heteroatoms. The van der Waals surface area contributed by atoms with Crippen LogP contribution in [0.4, 0.5) is 0 Å². The summed E-state index contributed by atoms with van der Waals surface area (Å²) in [6.07, 6.45) is 3.25. The van der Waals surface area contributed by atoms with Gasteiger partial charge in [0.05, 0.1) is 16.6 Å². The van der Waals surface area contributed by atoms with E-state index in [1.807, 2.05) is 13.8 Å². The second-order valence-corrected chi connectivity index (χ2v) is 5.34. The standard InChI is InChI=1S/C14H16ClN3O/c1-14(2,9-15)18(3)13(19)10-4-5-11-12(8-10)17-7-6-16-11/h4-8H,9H2,1-3H3. The van der Waals surface area contributed by atoms with Gasteiger partial charge >= 0.3 is 0 Å². The molecule has 1 aromatic heterocycles. The van der Waals surface area contributed by atoms with Crippen molar-refractivity contribution in [3.63, 3.8) is 0 Å². The zero-order valence-electron chi connectivity index (χ0n) is 11.2. The molecule has 0 saturated carbocycles. The summed E-state index contributed by atoms with van der Waals surface area (Å²) in [7, 11) is 1.76. The molecule has 0 aliphatic heterocycles. The van der Waals surface area contributed by atoms with Gasteiger partial charge in [0.1, 0.15) is 0 Å². The normalized spacial score (nSPS) is 11.6. The number of halogens is 1. The largest absolute Gasteiger partial charge is 0.335 e. The van der Waals surface area contributed by atoms with Crippen molar-refractivity contribution in [1.82, 2.24) is 14.9 Å². The number of carbonyl (C=O) groups is 1. The number of fused-ring (bicyclic) bond motifs is 1. The van der Waals surface area contributed by atoms with Gasteiger partial charge in [0.25, 0.3) is 5.91 Å². The van der Waals surface area contributed by atoms with Crippen LogP contribution in [0, 0.1) is 0 Å². The topological polar surface area (TPSA) is 46.1 Å². The fourth-order valence-electron chi connectivity index (χ4n) is 1.65. The van der Waals surface area contributed by atoms with Crippen molar-refractivity contribution in [2.75, 3.05) is 12.9 Å². The lowest BCUT2D eigenvalue weighted by molar-refractivity contribution is 0.0660. The van der Waals surface area contributed by atoms with E-state index in [0.29, 0.717) is 17.0 Å². The molecule has 0 atom stereocenters. The molecule has 0 N–H and O–H groups in total. The highest BCUT2D eigenvalue weighted by Crippen LogP contribution is 2.19. The number of hydrogen-bond donors (Lipinski definition) is 0. The summed E-state index contributed by atoms with van der Waals surface area (Å²) in [5.41, 5.74) is 1.69. The second-order valence-electron chi connectivity index (χ2n) is 5.07. The van der Waals surface area contributed by atoms with Gasteiger partial charge in [-0.2, -0.15) is 0 Å². The minimum atomic E-state index is -0.393. The lowest BCUT2D eigenvalue weighted by Gasteiger charge is -2.34. The first-order chi connectivity index (χ1) is 8.95. The lowest BCUT2D eigenvalue weighted by Crippen LogP contribution is -2.46. The molecule has 4 nitrogen and oxygen atoms in total. The molecule has 19 heavy (non-hydrogen) atoms. The van der Waals surface area contributed by atoms with Gasteiger partial charge < -0.3 is 4.90 Å². The molecule has 0 radical (unpaired) electrons. The monoisotopic (exact) mass is 277 g/mol. The third-order valence-corrected chi connectivity index (χ3v) is 3.91. The van der Waals surface area contributed by atoms with Gasteiger partial charge in [-0.05, 0) is 32.0 Å². The van der Waals surface area contributed by atoms with Crippen LogP contribution in [0.25, 0.3) is 11.0 Å². The summed E-state index contributed by atoms with van der Waals surface area (Å²) >= 11 is 5.90. The first-order valence-corrected chi connectivity index (χ1v) is 6.54. The van der Waals surface area contributed by atoms with Gasteiger partial charge in [0.15, 0.2) is 0 Å². The Hall–Kier alpha value is -1.68. The highest BCUT2D eigenvalue weighted by atomic mass is 35.5. The maximum absolute atomic E-state index is 12.4. The molecule has 1 amide bonds. The summed E-state index contributed by atoms with van der Waals surface area (Å²) in [5, 5.41) is 0. The summed E-state index contributed by atoms with van der Waals surface area (Å²) in [5.74, 6) is 0.306. The molecule has 0 unspecified atom stereocenters. The molecular formula is C14H16ClN3O. The highest BCUT2D eigenvalue weighted by Gasteiger charge is 2.27. The van der Waals surface area contributed by atoms with E-state index in [4.69, 9.17) is 11.6 Å². The summed E-state index contributed by atoms with van der Waals surface area (Å²) in [6.45, 7) is 3.86. The number of amides is 1. The number of rotatable bonds is 3. The molecular weight excluding hydrogens is 262 g/mol. The van der Waals surface area contributed by atoms with E-state index in [2.05, 4.69) is 9.97 Å². The zero-order valence-corrected chi connectivity index (χ0v) is 12.0.